The van der Waals surface area contributed by atoms with Crippen molar-refractivity contribution in [1.29, 1.82) is 0 Å². The van der Waals surface area contributed by atoms with Crippen molar-refractivity contribution in [3.8, 4) is 28.1 Å². The average molecular weight is 561 g/mol. The molecular weight excluding hydrogens is 536 g/mol. The highest BCUT2D eigenvalue weighted by molar-refractivity contribution is 6.27. The summed E-state index contributed by atoms with van der Waals surface area (Å²) in [6.45, 7) is 0. The molecule has 3 nitrogen and oxygen atoms in total. The largest absolute Gasteiger partial charge is 0.456 e. The van der Waals surface area contributed by atoms with Crippen LogP contribution in [0.4, 0.5) is 0 Å². The van der Waals surface area contributed by atoms with Crippen LogP contribution in [0.1, 0.15) is 0 Å². The van der Waals surface area contributed by atoms with Crippen LogP contribution in [0.15, 0.2) is 150 Å². The van der Waals surface area contributed by atoms with Crippen LogP contribution in [0.3, 0.4) is 0 Å². The Balaban J connectivity index is 1.26. The Morgan fingerprint density at radius 1 is 0.455 bits per heavy atom. The summed E-state index contributed by atoms with van der Waals surface area (Å²) in [5.74, 6) is 0.948. The van der Waals surface area contributed by atoms with Crippen LogP contribution in [0.5, 0.6) is 0 Å². The number of benzene rings is 7. The zero-order valence-electron chi connectivity index (χ0n) is 23.7. The highest BCUT2D eigenvalue weighted by Crippen LogP contribution is 2.44. The first-order valence-electron chi connectivity index (χ1n) is 15.0. The van der Waals surface area contributed by atoms with E-state index in [4.69, 9.17) is 9.40 Å². The Morgan fingerprint density at radius 2 is 1.23 bits per heavy atom. The van der Waals surface area contributed by atoms with Crippen molar-refractivity contribution in [1.82, 2.24) is 9.55 Å². The molecule has 10 aromatic rings. The Hall–Kier alpha value is -5.93. The zero-order valence-corrected chi connectivity index (χ0v) is 23.7. The first kappa shape index (κ1) is 23.6. The fraction of sp³-hybridized carbons (Fsp3) is 0. The van der Waals surface area contributed by atoms with Crippen molar-refractivity contribution in [2.75, 3.05) is 0 Å². The molecule has 0 unspecified atom stereocenters. The van der Waals surface area contributed by atoms with Crippen molar-refractivity contribution in [2.24, 2.45) is 0 Å². The molecule has 0 amide bonds. The first-order valence-corrected chi connectivity index (χ1v) is 15.0. The Bertz CT molecular complexity index is 2710. The first-order chi connectivity index (χ1) is 21.8. The number of nitrogens with zero attached hydrogens (tertiary/aromatic N) is 2. The summed E-state index contributed by atoms with van der Waals surface area (Å²) in [7, 11) is 0. The molecule has 0 aliphatic carbocycles. The molecule has 0 aliphatic heterocycles. The standard InChI is InChI=1S/C41H24N2O/c1-2-9-25(10-3-1)34-24-42-41(32-14-5-4-12-29(32)34)43-35-15-8-11-26-17-19-31-28(20-21-36(43)40(31)39(26)35)27-18-22-38-33(23-27)30-13-6-7-16-37(30)44-38/h1-24H. The van der Waals surface area contributed by atoms with E-state index in [0.717, 1.165) is 44.2 Å². The zero-order chi connectivity index (χ0) is 28.8. The molecule has 0 N–H and O–H groups in total. The maximum Gasteiger partial charge on any atom is 0.145 e. The van der Waals surface area contributed by atoms with E-state index in [0.29, 0.717) is 0 Å². The van der Waals surface area contributed by atoms with Gasteiger partial charge in [0, 0.05) is 38.7 Å². The van der Waals surface area contributed by atoms with Crippen molar-refractivity contribution < 1.29 is 4.42 Å². The number of aromatic nitrogens is 2. The predicted octanol–water partition coefficient (Wildman–Crippen LogP) is 11.2. The predicted molar refractivity (Wildman–Crippen MR) is 183 cm³/mol. The monoisotopic (exact) mass is 560 g/mol. The molecule has 0 fully saturated rings. The lowest BCUT2D eigenvalue weighted by molar-refractivity contribution is 0.669. The van der Waals surface area contributed by atoms with Gasteiger partial charge in [0.25, 0.3) is 0 Å². The van der Waals surface area contributed by atoms with Gasteiger partial charge < -0.3 is 4.42 Å². The van der Waals surface area contributed by atoms with Crippen LogP contribution in [0.2, 0.25) is 0 Å². The summed E-state index contributed by atoms with van der Waals surface area (Å²) >= 11 is 0. The maximum absolute atomic E-state index is 6.14. The van der Waals surface area contributed by atoms with Crippen LogP contribution in [-0.4, -0.2) is 9.55 Å². The minimum absolute atomic E-state index is 0.913. The van der Waals surface area contributed by atoms with Gasteiger partial charge in [-0.2, -0.15) is 0 Å². The summed E-state index contributed by atoms with van der Waals surface area (Å²) < 4.78 is 8.50. The van der Waals surface area contributed by atoms with Gasteiger partial charge in [-0.25, -0.2) is 4.98 Å². The fourth-order valence-electron chi connectivity index (χ4n) is 7.27. The van der Waals surface area contributed by atoms with Crippen molar-refractivity contribution in [3.63, 3.8) is 0 Å². The Morgan fingerprint density at radius 3 is 2.14 bits per heavy atom. The molecule has 10 rings (SSSR count). The number of hydrogen-bond acceptors (Lipinski definition) is 2. The minimum Gasteiger partial charge on any atom is -0.456 e. The van der Waals surface area contributed by atoms with Crippen LogP contribution in [-0.2, 0) is 0 Å². The third kappa shape index (κ3) is 3.18. The van der Waals surface area contributed by atoms with Gasteiger partial charge in [-0.15, -0.1) is 0 Å². The lowest BCUT2D eigenvalue weighted by Crippen LogP contribution is -1.99. The molecule has 44 heavy (non-hydrogen) atoms. The van der Waals surface area contributed by atoms with E-state index >= 15 is 0 Å². The van der Waals surface area contributed by atoms with Gasteiger partial charge in [-0.1, -0.05) is 109 Å². The number of fused-ring (bicyclic) bond motifs is 4. The molecule has 0 atom stereocenters. The van der Waals surface area contributed by atoms with E-state index in [9.17, 15) is 0 Å². The minimum atomic E-state index is 0.913. The Kier molecular flexibility index (Phi) is 4.72. The highest BCUT2D eigenvalue weighted by Gasteiger charge is 2.21. The second-order valence-corrected chi connectivity index (χ2v) is 11.5. The summed E-state index contributed by atoms with van der Waals surface area (Å²) in [6, 6.07) is 49.7. The number of furan rings is 1. The molecular formula is C41H24N2O. The van der Waals surface area contributed by atoms with Gasteiger partial charge >= 0.3 is 0 Å². The summed E-state index contributed by atoms with van der Waals surface area (Å²) in [5.41, 5.74) is 8.87. The molecule has 0 saturated carbocycles. The summed E-state index contributed by atoms with van der Waals surface area (Å²) in [6.07, 6.45) is 2.03. The van der Waals surface area contributed by atoms with E-state index in [-0.39, 0.29) is 0 Å². The normalized spacial score (nSPS) is 12.1. The van der Waals surface area contributed by atoms with E-state index < -0.39 is 0 Å². The quantitative estimate of drug-likeness (QED) is 0.201. The molecule has 204 valence electrons. The molecule has 7 aromatic carbocycles. The fourth-order valence-corrected chi connectivity index (χ4v) is 7.27. The highest BCUT2D eigenvalue weighted by atomic mass is 16.3. The van der Waals surface area contributed by atoms with E-state index in [1.54, 1.807) is 0 Å². The molecule has 3 heterocycles. The SMILES string of the molecule is c1ccc(-c2cnc(-n3c4cccc5ccc6c(-c7ccc8oc9ccccc9c8c7)ccc3c6c54)c3ccccc23)cc1. The van der Waals surface area contributed by atoms with Crippen LogP contribution in [0, 0.1) is 0 Å². The van der Waals surface area contributed by atoms with Crippen LogP contribution >= 0.6 is 0 Å². The van der Waals surface area contributed by atoms with E-state index in [1.165, 1.54) is 49.1 Å². The van der Waals surface area contributed by atoms with Crippen molar-refractivity contribution in [3.05, 3.63) is 146 Å². The van der Waals surface area contributed by atoms with Gasteiger partial charge in [0.1, 0.15) is 17.0 Å². The van der Waals surface area contributed by atoms with Gasteiger partial charge in [0.05, 0.1) is 11.0 Å². The molecule has 3 aromatic heterocycles. The molecule has 0 radical (unpaired) electrons. The van der Waals surface area contributed by atoms with Gasteiger partial charge in [-0.05, 0) is 63.2 Å². The smallest absolute Gasteiger partial charge is 0.145 e. The van der Waals surface area contributed by atoms with Crippen LogP contribution < -0.4 is 0 Å². The molecule has 0 spiro atoms. The summed E-state index contributed by atoms with van der Waals surface area (Å²) in [4.78, 5) is 5.18. The number of para-hydroxylation sites is 1. The van der Waals surface area contributed by atoms with Gasteiger partial charge in [-0.3, -0.25) is 4.57 Å². The number of hydrogen-bond donors (Lipinski definition) is 0. The number of pyridine rings is 1. The van der Waals surface area contributed by atoms with E-state index in [2.05, 4.69) is 132 Å². The topological polar surface area (TPSA) is 31.0 Å². The molecule has 3 heteroatoms. The lowest BCUT2D eigenvalue weighted by Gasteiger charge is -2.14. The maximum atomic E-state index is 6.14. The molecule has 0 saturated heterocycles. The number of rotatable bonds is 3. The third-order valence-electron chi connectivity index (χ3n) is 9.22. The Labute approximate surface area is 252 Å². The molecule has 0 bridgehead atoms. The van der Waals surface area contributed by atoms with Gasteiger partial charge in [0.15, 0.2) is 0 Å². The second-order valence-electron chi connectivity index (χ2n) is 11.5. The van der Waals surface area contributed by atoms with Crippen molar-refractivity contribution >= 4 is 65.3 Å². The average Bonchev–Trinajstić information content (AvgIpc) is 3.63. The third-order valence-corrected chi connectivity index (χ3v) is 9.22. The van der Waals surface area contributed by atoms with Gasteiger partial charge in [0.2, 0.25) is 0 Å². The second kappa shape index (κ2) is 8.79. The molecule has 0 aliphatic rings. The van der Waals surface area contributed by atoms with E-state index in [1.807, 2.05) is 18.3 Å². The van der Waals surface area contributed by atoms with Crippen molar-refractivity contribution in [2.45, 2.75) is 0 Å². The summed E-state index contributed by atoms with van der Waals surface area (Å²) in [5, 5.41) is 9.63. The van der Waals surface area contributed by atoms with Crippen LogP contribution in [0.25, 0.3) is 93.4 Å². The lowest BCUT2D eigenvalue weighted by atomic mass is 9.94.